The monoisotopic (exact) mass is 194 g/mol. The lowest BCUT2D eigenvalue weighted by Crippen LogP contribution is -2.19. The van der Waals surface area contributed by atoms with Crippen molar-refractivity contribution in [1.82, 2.24) is 9.97 Å². The molecule has 1 saturated carbocycles. The van der Waals surface area contributed by atoms with Crippen molar-refractivity contribution < 1.29 is 4.74 Å². The molecule has 0 atom stereocenters. The number of hydrogen-bond donors (Lipinski definition) is 1. The predicted octanol–water partition coefficient (Wildman–Crippen LogP) is 1.14. The number of methoxy groups -OCH3 is 1. The summed E-state index contributed by atoms with van der Waals surface area (Å²) in [6, 6.07) is 0. The molecule has 4 nitrogen and oxygen atoms in total. The molecule has 0 aliphatic heterocycles. The molecule has 0 bridgehead atoms. The minimum absolute atomic E-state index is 0.0934. The zero-order chi connectivity index (χ0) is 10.3. The highest BCUT2D eigenvalue weighted by Gasteiger charge is 2.41. The number of aromatic nitrogens is 2. The van der Waals surface area contributed by atoms with E-state index < -0.39 is 0 Å². The Balaban J connectivity index is 2.52. The third kappa shape index (κ3) is 1.31. The summed E-state index contributed by atoms with van der Waals surface area (Å²) < 4.78 is 4.96. The summed E-state index contributed by atoms with van der Waals surface area (Å²) in [6.45, 7) is 3.90. The van der Waals surface area contributed by atoms with Gasteiger partial charge in [-0.05, 0) is 19.8 Å². The van der Waals surface area contributed by atoms with Crippen LogP contribution in [0.15, 0.2) is 4.79 Å². The number of nitrogens with zero attached hydrogens (tertiary/aromatic N) is 1. The van der Waals surface area contributed by atoms with Crippen LogP contribution in [0.4, 0.5) is 0 Å². The Kier molecular flexibility index (Phi) is 1.87. The van der Waals surface area contributed by atoms with E-state index in [0.29, 0.717) is 11.4 Å². The number of ether oxygens (including phenoxy) is 1. The SMILES string of the molecule is COc1c(C)nc(C2(C)CC2)[nH]c1=O. The first-order chi connectivity index (χ1) is 6.57. The first-order valence-electron chi connectivity index (χ1n) is 4.72. The fraction of sp³-hybridized carbons (Fsp3) is 0.600. The largest absolute Gasteiger partial charge is 0.490 e. The van der Waals surface area contributed by atoms with E-state index in [1.54, 1.807) is 6.92 Å². The highest BCUT2D eigenvalue weighted by Crippen LogP contribution is 2.45. The Labute approximate surface area is 82.3 Å². The Bertz CT molecular complexity index is 419. The normalized spacial score (nSPS) is 17.9. The van der Waals surface area contributed by atoms with Crippen molar-refractivity contribution in [1.29, 1.82) is 0 Å². The molecule has 0 saturated heterocycles. The number of nitrogens with one attached hydrogen (secondary N) is 1. The lowest BCUT2D eigenvalue weighted by molar-refractivity contribution is 0.400. The van der Waals surface area contributed by atoms with Gasteiger partial charge < -0.3 is 9.72 Å². The van der Waals surface area contributed by atoms with Crippen LogP contribution in [0.25, 0.3) is 0 Å². The minimum Gasteiger partial charge on any atom is -0.490 e. The van der Waals surface area contributed by atoms with E-state index in [0.717, 1.165) is 18.7 Å². The quantitative estimate of drug-likeness (QED) is 0.768. The molecule has 1 aliphatic carbocycles. The smallest absolute Gasteiger partial charge is 0.293 e. The molecule has 76 valence electrons. The van der Waals surface area contributed by atoms with E-state index in [1.165, 1.54) is 7.11 Å². The van der Waals surface area contributed by atoms with Gasteiger partial charge in [0, 0.05) is 5.41 Å². The fourth-order valence-electron chi connectivity index (χ4n) is 1.53. The van der Waals surface area contributed by atoms with Crippen LogP contribution in [-0.2, 0) is 5.41 Å². The van der Waals surface area contributed by atoms with Gasteiger partial charge in [-0.15, -0.1) is 0 Å². The van der Waals surface area contributed by atoms with Gasteiger partial charge in [0.05, 0.1) is 12.8 Å². The second kappa shape index (κ2) is 2.83. The molecule has 14 heavy (non-hydrogen) atoms. The molecule has 1 aliphatic rings. The lowest BCUT2D eigenvalue weighted by Gasteiger charge is -2.09. The van der Waals surface area contributed by atoms with Crippen LogP contribution >= 0.6 is 0 Å². The average molecular weight is 194 g/mol. The first kappa shape index (κ1) is 9.24. The Morgan fingerprint density at radius 2 is 2.14 bits per heavy atom. The minimum atomic E-state index is -0.178. The highest BCUT2D eigenvalue weighted by atomic mass is 16.5. The van der Waals surface area contributed by atoms with Gasteiger partial charge >= 0.3 is 0 Å². The van der Waals surface area contributed by atoms with Crippen molar-refractivity contribution in [3.05, 3.63) is 21.9 Å². The van der Waals surface area contributed by atoms with Crippen LogP contribution < -0.4 is 10.3 Å². The second-order valence-electron chi connectivity index (χ2n) is 4.09. The van der Waals surface area contributed by atoms with E-state index in [-0.39, 0.29) is 11.0 Å². The fourth-order valence-corrected chi connectivity index (χ4v) is 1.53. The van der Waals surface area contributed by atoms with E-state index in [1.807, 2.05) is 0 Å². The summed E-state index contributed by atoms with van der Waals surface area (Å²) >= 11 is 0. The van der Waals surface area contributed by atoms with Crippen LogP contribution in [0, 0.1) is 6.92 Å². The Morgan fingerprint density at radius 1 is 1.50 bits per heavy atom. The molecule has 1 heterocycles. The van der Waals surface area contributed by atoms with Crippen LogP contribution in [0.3, 0.4) is 0 Å². The summed E-state index contributed by atoms with van der Waals surface area (Å²) in [5.74, 6) is 1.11. The van der Waals surface area contributed by atoms with E-state index >= 15 is 0 Å². The average Bonchev–Trinajstić information content (AvgIpc) is 2.84. The Morgan fingerprint density at radius 3 is 2.57 bits per heavy atom. The maximum Gasteiger partial charge on any atom is 0.293 e. The summed E-state index contributed by atoms with van der Waals surface area (Å²) in [6.07, 6.45) is 2.20. The van der Waals surface area contributed by atoms with Crippen molar-refractivity contribution in [3.63, 3.8) is 0 Å². The summed E-state index contributed by atoms with van der Waals surface area (Å²) in [7, 11) is 1.48. The zero-order valence-corrected chi connectivity index (χ0v) is 8.68. The molecule has 4 heteroatoms. The van der Waals surface area contributed by atoms with Crippen molar-refractivity contribution in [2.75, 3.05) is 7.11 Å². The topological polar surface area (TPSA) is 55.0 Å². The molecule has 1 fully saturated rings. The van der Waals surface area contributed by atoms with Gasteiger partial charge in [0.2, 0.25) is 5.75 Å². The number of H-pyrrole nitrogens is 1. The molecule has 0 aromatic carbocycles. The summed E-state index contributed by atoms with van der Waals surface area (Å²) in [4.78, 5) is 18.7. The Hall–Kier alpha value is -1.32. The molecule has 0 unspecified atom stereocenters. The highest BCUT2D eigenvalue weighted by molar-refractivity contribution is 5.27. The maximum absolute atomic E-state index is 11.5. The molecule has 1 aromatic heterocycles. The van der Waals surface area contributed by atoms with Crippen LogP contribution in [-0.4, -0.2) is 17.1 Å². The third-order valence-electron chi connectivity index (χ3n) is 2.82. The lowest BCUT2D eigenvalue weighted by atomic mass is 10.1. The molecule has 1 N–H and O–H groups in total. The van der Waals surface area contributed by atoms with Crippen molar-refractivity contribution in [2.24, 2.45) is 0 Å². The van der Waals surface area contributed by atoms with Crippen LogP contribution in [0.2, 0.25) is 0 Å². The predicted molar refractivity (Wildman–Crippen MR) is 52.7 cm³/mol. The molecule has 0 spiro atoms. The maximum atomic E-state index is 11.5. The summed E-state index contributed by atoms with van der Waals surface area (Å²) in [5.41, 5.74) is 0.582. The van der Waals surface area contributed by atoms with Crippen molar-refractivity contribution in [2.45, 2.75) is 32.1 Å². The number of rotatable bonds is 2. The third-order valence-corrected chi connectivity index (χ3v) is 2.82. The van der Waals surface area contributed by atoms with Crippen molar-refractivity contribution in [3.8, 4) is 5.75 Å². The van der Waals surface area contributed by atoms with Gasteiger partial charge in [-0.3, -0.25) is 4.79 Å². The molecular formula is C10H14N2O2. The number of hydrogen-bond acceptors (Lipinski definition) is 3. The van der Waals surface area contributed by atoms with Gasteiger partial charge in [-0.25, -0.2) is 4.98 Å². The van der Waals surface area contributed by atoms with Gasteiger partial charge in [0.25, 0.3) is 5.56 Å². The summed E-state index contributed by atoms with van der Waals surface area (Å²) in [5, 5.41) is 0. The van der Waals surface area contributed by atoms with Crippen LogP contribution in [0.5, 0.6) is 5.75 Å². The van der Waals surface area contributed by atoms with Gasteiger partial charge in [-0.1, -0.05) is 6.92 Å². The second-order valence-corrected chi connectivity index (χ2v) is 4.09. The molecule has 1 aromatic rings. The standard InChI is InChI=1S/C10H14N2O2/c1-6-7(14-3)8(13)12-9(11-6)10(2)4-5-10/h4-5H2,1-3H3,(H,11,12,13). The number of aryl methyl sites for hydroxylation is 1. The van der Waals surface area contributed by atoms with Gasteiger partial charge in [-0.2, -0.15) is 0 Å². The van der Waals surface area contributed by atoms with E-state index in [9.17, 15) is 4.79 Å². The molecule has 0 radical (unpaired) electrons. The molecule has 0 amide bonds. The first-order valence-corrected chi connectivity index (χ1v) is 4.72. The van der Waals surface area contributed by atoms with E-state index in [4.69, 9.17) is 4.74 Å². The van der Waals surface area contributed by atoms with Crippen molar-refractivity contribution >= 4 is 0 Å². The van der Waals surface area contributed by atoms with E-state index in [2.05, 4.69) is 16.9 Å². The number of aromatic amines is 1. The van der Waals surface area contributed by atoms with Gasteiger partial charge in [0.15, 0.2) is 0 Å². The molecular weight excluding hydrogens is 180 g/mol. The molecule has 2 rings (SSSR count). The van der Waals surface area contributed by atoms with Gasteiger partial charge in [0.1, 0.15) is 5.82 Å². The van der Waals surface area contributed by atoms with Crippen LogP contribution in [0.1, 0.15) is 31.3 Å². The zero-order valence-electron chi connectivity index (χ0n) is 8.68.